The van der Waals surface area contributed by atoms with Gasteiger partial charge in [0.05, 0.1) is 12.5 Å². The normalized spacial score (nSPS) is 16.1. The van der Waals surface area contributed by atoms with E-state index >= 15 is 0 Å². The fourth-order valence-corrected chi connectivity index (χ4v) is 0.895. The van der Waals surface area contributed by atoms with Gasteiger partial charge in [0, 0.05) is 0 Å². The van der Waals surface area contributed by atoms with Crippen LogP contribution in [0.25, 0.3) is 0 Å². The summed E-state index contributed by atoms with van der Waals surface area (Å²) in [7, 11) is 0. The van der Waals surface area contributed by atoms with Gasteiger partial charge in [-0.25, -0.2) is 0 Å². The van der Waals surface area contributed by atoms with Gasteiger partial charge in [0.15, 0.2) is 0 Å². The molecule has 0 aromatic rings. The molecule has 0 aliphatic heterocycles. The van der Waals surface area contributed by atoms with Gasteiger partial charge in [-0.05, 0) is 13.3 Å². The summed E-state index contributed by atoms with van der Waals surface area (Å²) in [5, 5.41) is 0. The van der Waals surface area contributed by atoms with Crippen LogP contribution in [0.1, 0.15) is 20.3 Å². The molecule has 6 heteroatoms. The van der Waals surface area contributed by atoms with Crippen LogP contribution in [0.2, 0.25) is 0 Å². The number of hydrogen-bond donors (Lipinski definition) is 1. The van der Waals surface area contributed by atoms with Crippen LogP contribution in [0.5, 0.6) is 0 Å². The maximum absolute atomic E-state index is 12.0. The fraction of sp³-hybridized carbons (Fsp3) is 0.875. The lowest BCUT2D eigenvalue weighted by molar-refractivity contribution is -0.158. The van der Waals surface area contributed by atoms with E-state index in [9.17, 15) is 18.0 Å². The molecule has 84 valence electrons. The minimum atomic E-state index is -4.46. The molecule has 0 radical (unpaired) electrons. The third-order valence-electron chi connectivity index (χ3n) is 1.72. The molecule has 0 rings (SSSR count). The molecule has 0 heterocycles. The molecule has 0 aromatic heterocycles. The predicted molar refractivity (Wildman–Crippen MR) is 44.4 cm³/mol. The van der Waals surface area contributed by atoms with Crippen molar-refractivity contribution in [2.45, 2.75) is 32.5 Å². The number of carbonyl (C=O) groups is 1. The summed E-state index contributed by atoms with van der Waals surface area (Å²) in [5.41, 5.74) is 4.85. The van der Waals surface area contributed by atoms with E-state index in [1.165, 1.54) is 6.92 Å². The second-order valence-corrected chi connectivity index (χ2v) is 3.04. The Morgan fingerprint density at radius 2 is 2.00 bits per heavy atom. The van der Waals surface area contributed by atoms with Gasteiger partial charge in [-0.3, -0.25) is 4.79 Å². The summed E-state index contributed by atoms with van der Waals surface area (Å²) in [5.74, 6) is -1.47. The van der Waals surface area contributed by atoms with E-state index in [0.29, 0.717) is 0 Å². The van der Waals surface area contributed by atoms with Gasteiger partial charge in [0.25, 0.3) is 0 Å². The first-order valence-electron chi connectivity index (χ1n) is 4.28. The summed E-state index contributed by atoms with van der Waals surface area (Å²) >= 11 is 0. The van der Waals surface area contributed by atoms with E-state index in [1.54, 1.807) is 6.92 Å². The zero-order chi connectivity index (χ0) is 11.4. The summed E-state index contributed by atoms with van der Waals surface area (Å²) < 4.78 is 40.5. The van der Waals surface area contributed by atoms with Crippen LogP contribution in [0.15, 0.2) is 0 Å². The Kier molecular flexibility index (Phi) is 4.90. The molecule has 0 saturated carbocycles. The molecule has 0 spiro atoms. The van der Waals surface area contributed by atoms with Crippen LogP contribution in [-0.4, -0.2) is 24.8 Å². The molecule has 14 heavy (non-hydrogen) atoms. The molecule has 0 aliphatic rings. The lowest BCUT2D eigenvalue weighted by Crippen LogP contribution is -2.39. The standard InChI is InChI=1S/C8H14F3NO2/c1-3-14-7(13)5(2)4-6(12)8(9,10)11/h5-6H,3-4,12H2,1-2H3. The number of ether oxygens (including phenoxy) is 1. The number of esters is 1. The zero-order valence-electron chi connectivity index (χ0n) is 8.10. The fourth-order valence-electron chi connectivity index (χ4n) is 0.895. The Morgan fingerprint density at radius 3 is 2.36 bits per heavy atom. The monoisotopic (exact) mass is 213 g/mol. The Morgan fingerprint density at radius 1 is 1.50 bits per heavy atom. The maximum Gasteiger partial charge on any atom is 0.403 e. The van der Waals surface area contributed by atoms with Crippen LogP contribution in [-0.2, 0) is 9.53 Å². The molecule has 3 nitrogen and oxygen atoms in total. The summed E-state index contributed by atoms with van der Waals surface area (Å²) in [6.07, 6.45) is -4.90. The highest BCUT2D eigenvalue weighted by Crippen LogP contribution is 2.23. The Balaban J connectivity index is 4.06. The average molecular weight is 213 g/mol. The van der Waals surface area contributed by atoms with Gasteiger partial charge in [-0.1, -0.05) is 6.92 Å². The van der Waals surface area contributed by atoms with Gasteiger partial charge in [0.2, 0.25) is 0 Å². The Hall–Kier alpha value is -0.780. The summed E-state index contributed by atoms with van der Waals surface area (Å²) in [6.45, 7) is 3.11. The van der Waals surface area contributed by atoms with Crippen LogP contribution in [0.3, 0.4) is 0 Å². The second kappa shape index (κ2) is 5.19. The summed E-state index contributed by atoms with van der Waals surface area (Å²) in [6, 6.07) is -1.97. The molecule has 2 atom stereocenters. The van der Waals surface area contributed by atoms with Crippen molar-refractivity contribution >= 4 is 5.97 Å². The van der Waals surface area contributed by atoms with E-state index < -0.39 is 30.5 Å². The molecule has 0 amide bonds. The highest BCUT2D eigenvalue weighted by molar-refractivity contribution is 5.71. The van der Waals surface area contributed by atoms with E-state index in [4.69, 9.17) is 5.73 Å². The lowest BCUT2D eigenvalue weighted by atomic mass is 10.0. The highest BCUT2D eigenvalue weighted by atomic mass is 19.4. The number of alkyl halides is 3. The molecular formula is C8H14F3NO2. The quantitative estimate of drug-likeness (QED) is 0.719. The van der Waals surface area contributed by atoms with Crippen molar-refractivity contribution in [2.24, 2.45) is 11.7 Å². The average Bonchev–Trinajstić information content (AvgIpc) is 2.02. The van der Waals surface area contributed by atoms with Crippen molar-refractivity contribution in [2.75, 3.05) is 6.61 Å². The number of nitrogens with two attached hydrogens (primary N) is 1. The lowest BCUT2D eigenvalue weighted by Gasteiger charge is -2.18. The molecular weight excluding hydrogens is 199 g/mol. The zero-order valence-corrected chi connectivity index (χ0v) is 8.10. The first-order valence-corrected chi connectivity index (χ1v) is 4.28. The first-order chi connectivity index (χ1) is 6.29. The van der Waals surface area contributed by atoms with Crippen molar-refractivity contribution in [3.05, 3.63) is 0 Å². The van der Waals surface area contributed by atoms with Gasteiger partial charge in [0.1, 0.15) is 6.04 Å². The molecule has 2 N–H and O–H groups in total. The number of rotatable bonds is 4. The predicted octanol–water partition coefficient (Wildman–Crippen LogP) is 1.47. The van der Waals surface area contributed by atoms with Crippen molar-refractivity contribution in [1.29, 1.82) is 0 Å². The third kappa shape index (κ3) is 4.45. The molecule has 2 unspecified atom stereocenters. The molecule has 0 aromatic carbocycles. The Labute approximate surface area is 80.4 Å². The topological polar surface area (TPSA) is 52.3 Å². The van der Waals surface area contributed by atoms with Gasteiger partial charge < -0.3 is 10.5 Å². The van der Waals surface area contributed by atoms with Crippen molar-refractivity contribution in [1.82, 2.24) is 0 Å². The van der Waals surface area contributed by atoms with E-state index in [-0.39, 0.29) is 6.61 Å². The van der Waals surface area contributed by atoms with Gasteiger partial charge in [-0.15, -0.1) is 0 Å². The van der Waals surface area contributed by atoms with Crippen molar-refractivity contribution < 1.29 is 22.7 Å². The minimum Gasteiger partial charge on any atom is -0.466 e. The molecule has 0 aliphatic carbocycles. The van der Waals surface area contributed by atoms with Gasteiger partial charge >= 0.3 is 12.1 Å². The minimum absolute atomic E-state index is 0.157. The second-order valence-electron chi connectivity index (χ2n) is 3.04. The van der Waals surface area contributed by atoms with E-state index in [1.807, 2.05) is 0 Å². The van der Waals surface area contributed by atoms with E-state index in [0.717, 1.165) is 0 Å². The molecule has 0 bridgehead atoms. The molecule has 0 saturated heterocycles. The third-order valence-corrected chi connectivity index (χ3v) is 1.72. The number of hydrogen-bond acceptors (Lipinski definition) is 3. The molecule has 0 fully saturated rings. The Bertz CT molecular complexity index is 194. The van der Waals surface area contributed by atoms with E-state index in [2.05, 4.69) is 4.74 Å². The number of carbonyl (C=O) groups excluding carboxylic acids is 1. The van der Waals surface area contributed by atoms with Crippen LogP contribution < -0.4 is 5.73 Å². The SMILES string of the molecule is CCOC(=O)C(C)CC(N)C(F)(F)F. The summed E-state index contributed by atoms with van der Waals surface area (Å²) in [4.78, 5) is 11.0. The van der Waals surface area contributed by atoms with Crippen LogP contribution >= 0.6 is 0 Å². The largest absolute Gasteiger partial charge is 0.466 e. The van der Waals surface area contributed by atoms with Crippen molar-refractivity contribution in [3.63, 3.8) is 0 Å². The van der Waals surface area contributed by atoms with Crippen LogP contribution in [0.4, 0.5) is 13.2 Å². The van der Waals surface area contributed by atoms with Crippen LogP contribution in [0, 0.1) is 5.92 Å². The number of halogens is 3. The smallest absolute Gasteiger partial charge is 0.403 e. The van der Waals surface area contributed by atoms with Gasteiger partial charge in [-0.2, -0.15) is 13.2 Å². The first kappa shape index (κ1) is 13.2. The van der Waals surface area contributed by atoms with Crippen molar-refractivity contribution in [3.8, 4) is 0 Å². The highest BCUT2D eigenvalue weighted by Gasteiger charge is 2.38. The maximum atomic E-state index is 12.0.